The molecule has 24 heavy (non-hydrogen) atoms. The first-order valence-electron chi connectivity index (χ1n) is 8.54. The molecule has 0 fully saturated rings. The van der Waals surface area contributed by atoms with Crippen LogP contribution in [0, 0.1) is 0 Å². The van der Waals surface area contributed by atoms with Gasteiger partial charge in [0.2, 0.25) is 0 Å². The Balaban J connectivity index is 1.85. The van der Waals surface area contributed by atoms with E-state index in [0.717, 1.165) is 52.4 Å². The van der Waals surface area contributed by atoms with Gasteiger partial charge in [0, 0.05) is 22.3 Å². The second-order valence-electron chi connectivity index (χ2n) is 6.34. The van der Waals surface area contributed by atoms with E-state index < -0.39 is 0 Å². The summed E-state index contributed by atoms with van der Waals surface area (Å²) in [6.45, 7) is 2.95. The Labute approximate surface area is 146 Å². The molecule has 2 aromatic carbocycles. The minimum absolute atomic E-state index is 0.0763. The number of nitrogens with zero attached hydrogens (tertiary/aromatic N) is 2. The number of carbonyl (C=O) groups is 1. The van der Waals surface area contributed by atoms with Gasteiger partial charge in [-0.25, -0.2) is 4.98 Å². The molecule has 0 saturated carbocycles. The summed E-state index contributed by atoms with van der Waals surface area (Å²) >= 11 is 6.17. The number of aromatic nitrogens is 1. The molecule has 0 atom stereocenters. The monoisotopic (exact) mass is 338 g/mol. The SMILES string of the molecule is CCCCCCN1C(=O)c2c3cc(Cl)ccc3nc3cccc1c23. The van der Waals surface area contributed by atoms with E-state index in [2.05, 4.69) is 6.92 Å². The zero-order chi connectivity index (χ0) is 16.7. The summed E-state index contributed by atoms with van der Waals surface area (Å²) in [5.74, 6) is 0.0763. The van der Waals surface area contributed by atoms with E-state index >= 15 is 0 Å². The van der Waals surface area contributed by atoms with Gasteiger partial charge in [0.15, 0.2) is 0 Å². The van der Waals surface area contributed by atoms with Crippen molar-refractivity contribution in [3.8, 4) is 0 Å². The van der Waals surface area contributed by atoms with Gasteiger partial charge in [-0.15, -0.1) is 0 Å². The van der Waals surface area contributed by atoms with Gasteiger partial charge < -0.3 is 4.90 Å². The molecule has 0 bridgehead atoms. The molecular weight excluding hydrogens is 320 g/mol. The zero-order valence-electron chi connectivity index (χ0n) is 13.7. The lowest BCUT2D eigenvalue weighted by Gasteiger charge is -2.17. The van der Waals surface area contributed by atoms with Crippen LogP contribution in [-0.2, 0) is 0 Å². The molecule has 0 N–H and O–H groups in total. The fourth-order valence-electron chi connectivity index (χ4n) is 3.56. The molecule has 0 aliphatic carbocycles. The number of benzene rings is 2. The highest BCUT2D eigenvalue weighted by molar-refractivity contribution is 6.33. The summed E-state index contributed by atoms with van der Waals surface area (Å²) in [5, 5.41) is 2.45. The molecule has 1 aliphatic heterocycles. The third kappa shape index (κ3) is 2.35. The van der Waals surface area contributed by atoms with Crippen LogP contribution in [0.3, 0.4) is 0 Å². The van der Waals surface area contributed by atoms with E-state index in [1.807, 2.05) is 41.3 Å². The predicted molar refractivity (Wildman–Crippen MR) is 100 cm³/mol. The normalized spacial score (nSPS) is 13.4. The number of fused-ring (bicyclic) bond motifs is 2. The largest absolute Gasteiger partial charge is 0.308 e. The second kappa shape index (κ2) is 6.06. The number of unbranched alkanes of at least 4 members (excludes halogenated alkanes) is 3. The maximum atomic E-state index is 13.1. The van der Waals surface area contributed by atoms with Gasteiger partial charge in [-0.2, -0.15) is 0 Å². The van der Waals surface area contributed by atoms with Crippen molar-refractivity contribution in [1.29, 1.82) is 0 Å². The van der Waals surface area contributed by atoms with Crippen molar-refractivity contribution in [3.05, 3.63) is 47.0 Å². The Hall–Kier alpha value is -2.13. The third-order valence-corrected chi connectivity index (χ3v) is 4.96. The third-order valence-electron chi connectivity index (χ3n) is 4.72. The minimum atomic E-state index is 0.0763. The lowest BCUT2D eigenvalue weighted by Crippen LogP contribution is -2.27. The Morgan fingerprint density at radius 2 is 1.96 bits per heavy atom. The molecular formula is C20H19ClN2O. The summed E-state index contributed by atoms with van der Waals surface area (Å²) in [5.41, 5.74) is 3.43. The standard InChI is InChI=1S/C20H19ClN2O/c1-2-3-4-5-11-23-17-8-6-7-16-19(17)18(20(23)24)14-12-13(21)9-10-15(14)22-16/h6-10,12H,2-5,11H2,1H3. The number of amides is 1. The quantitative estimate of drug-likeness (QED) is 0.449. The number of hydrogen-bond acceptors (Lipinski definition) is 2. The molecule has 4 rings (SSSR count). The molecule has 1 aromatic heterocycles. The number of carbonyl (C=O) groups excluding carboxylic acids is 1. The first kappa shape index (κ1) is 15.4. The molecule has 2 heterocycles. The van der Waals surface area contributed by atoms with Gasteiger partial charge in [-0.05, 0) is 36.8 Å². The van der Waals surface area contributed by atoms with E-state index in [0.29, 0.717) is 5.02 Å². The summed E-state index contributed by atoms with van der Waals surface area (Å²) in [6.07, 6.45) is 4.57. The van der Waals surface area contributed by atoms with E-state index in [1.54, 1.807) is 0 Å². The van der Waals surface area contributed by atoms with Crippen molar-refractivity contribution in [3.63, 3.8) is 0 Å². The molecule has 4 heteroatoms. The zero-order valence-corrected chi connectivity index (χ0v) is 14.4. The van der Waals surface area contributed by atoms with E-state index in [1.165, 1.54) is 12.8 Å². The van der Waals surface area contributed by atoms with Crippen molar-refractivity contribution in [2.75, 3.05) is 11.4 Å². The van der Waals surface area contributed by atoms with Gasteiger partial charge in [0.05, 0.1) is 22.3 Å². The highest BCUT2D eigenvalue weighted by atomic mass is 35.5. The van der Waals surface area contributed by atoms with Crippen LogP contribution in [0.25, 0.3) is 21.8 Å². The molecule has 1 aliphatic rings. The van der Waals surface area contributed by atoms with Gasteiger partial charge in [0.25, 0.3) is 5.91 Å². The first-order chi connectivity index (χ1) is 11.7. The van der Waals surface area contributed by atoms with E-state index in [4.69, 9.17) is 16.6 Å². The first-order valence-corrected chi connectivity index (χ1v) is 8.92. The number of rotatable bonds is 5. The van der Waals surface area contributed by atoms with Crippen LogP contribution in [0.1, 0.15) is 43.0 Å². The van der Waals surface area contributed by atoms with Crippen LogP contribution < -0.4 is 4.90 Å². The molecule has 0 spiro atoms. The molecule has 0 radical (unpaired) electrons. The molecule has 0 unspecified atom stereocenters. The van der Waals surface area contributed by atoms with Crippen LogP contribution in [0.4, 0.5) is 5.69 Å². The summed E-state index contributed by atoms with van der Waals surface area (Å²) < 4.78 is 0. The van der Waals surface area contributed by atoms with E-state index in [-0.39, 0.29) is 5.91 Å². The molecule has 3 nitrogen and oxygen atoms in total. The van der Waals surface area contributed by atoms with Gasteiger partial charge >= 0.3 is 0 Å². The van der Waals surface area contributed by atoms with Crippen LogP contribution >= 0.6 is 11.6 Å². The van der Waals surface area contributed by atoms with Gasteiger partial charge in [-0.1, -0.05) is 43.9 Å². The van der Waals surface area contributed by atoms with Crippen molar-refractivity contribution in [2.24, 2.45) is 0 Å². The Kier molecular flexibility index (Phi) is 3.89. The van der Waals surface area contributed by atoms with Gasteiger partial charge in [-0.3, -0.25) is 4.79 Å². The molecule has 1 amide bonds. The highest BCUT2D eigenvalue weighted by Gasteiger charge is 2.31. The maximum absolute atomic E-state index is 13.1. The fourth-order valence-corrected chi connectivity index (χ4v) is 3.73. The predicted octanol–water partition coefficient (Wildman–Crippen LogP) is 5.58. The Morgan fingerprint density at radius 3 is 2.79 bits per heavy atom. The van der Waals surface area contributed by atoms with Crippen molar-refractivity contribution >= 4 is 45.0 Å². The summed E-state index contributed by atoms with van der Waals surface area (Å²) in [4.78, 5) is 19.8. The van der Waals surface area contributed by atoms with Crippen LogP contribution in [-0.4, -0.2) is 17.4 Å². The topological polar surface area (TPSA) is 33.2 Å². The molecule has 122 valence electrons. The van der Waals surface area contributed by atoms with Crippen LogP contribution in [0.15, 0.2) is 36.4 Å². The number of anilines is 1. The number of hydrogen-bond donors (Lipinski definition) is 0. The van der Waals surface area contributed by atoms with Crippen LogP contribution in [0.2, 0.25) is 5.02 Å². The maximum Gasteiger partial charge on any atom is 0.259 e. The fraction of sp³-hybridized carbons (Fsp3) is 0.300. The van der Waals surface area contributed by atoms with Gasteiger partial charge in [0.1, 0.15) is 0 Å². The summed E-state index contributed by atoms with van der Waals surface area (Å²) in [7, 11) is 0. The van der Waals surface area contributed by atoms with Crippen molar-refractivity contribution in [2.45, 2.75) is 32.6 Å². The van der Waals surface area contributed by atoms with E-state index in [9.17, 15) is 4.79 Å². The second-order valence-corrected chi connectivity index (χ2v) is 6.77. The lowest BCUT2D eigenvalue weighted by molar-refractivity contribution is 0.0994. The number of pyridine rings is 1. The average molecular weight is 339 g/mol. The molecule has 0 saturated heterocycles. The van der Waals surface area contributed by atoms with Crippen molar-refractivity contribution < 1.29 is 4.79 Å². The highest BCUT2D eigenvalue weighted by Crippen LogP contribution is 2.40. The Bertz CT molecular complexity index is 951. The lowest BCUT2D eigenvalue weighted by atomic mass is 10.0. The average Bonchev–Trinajstić information content (AvgIpc) is 2.87. The minimum Gasteiger partial charge on any atom is -0.308 e. The number of halogens is 1. The van der Waals surface area contributed by atoms with Crippen molar-refractivity contribution in [1.82, 2.24) is 4.98 Å². The smallest absolute Gasteiger partial charge is 0.259 e. The Morgan fingerprint density at radius 1 is 1.08 bits per heavy atom. The van der Waals surface area contributed by atoms with Crippen LogP contribution in [0.5, 0.6) is 0 Å². The molecule has 3 aromatic rings. The summed E-state index contributed by atoms with van der Waals surface area (Å²) in [6, 6.07) is 11.5.